The molecule has 0 aliphatic carbocycles. The van der Waals surface area contributed by atoms with Gasteiger partial charge in [0.05, 0.1) is 0 Å². The second-order valence-electron chi connectivity index (χ2n) is 5.53. The minimum atomic E-state index is 0.00168. The van der Waals surface area contributed by atoms with Crippen molar-refractivity contribution >= 4 is 11.6 Å². The molecule has 0 fully saturated rings. The maximum absolute atomic E-state index is 11.8. The maximum atomic E-state index is 11.8. The number of hydrogen-bond donors (Lipinski definition) is 1. The number of nitrogens with one attached hydrogen (secondary N) is 1. The highest BCUT2D eigenvalue weighted by Gasteiger charge is 2.17. The van der Waals surface area contributed by atoms with Crippen LogP contribution in [0.3, 0.4) is 0 Å². The molecular weight excluding hydrogens is 224 g/mol. The zero-order valence-electron chi connectivity index (χ0n) is 12.1. The van der Waals surface area contributed by atoms with Crippen LogP contribution in [-0.4, -0.2) is 25.0 Å². The first-order chi connectivity index (χ1) is 8.36. The smallest absolute Gasteiger partial charge is 0.251 e. The summed E-state index contributed by atoms with van der Waals surface area (Å²) in [4.78, 5) is 14.0. The van der Waals surface area contributed by atoms with Gasteiger partial charge < -0.3 is 10.2 Å². The van der Waals surface area contributed by atoms with Gasteiger partial charge in [-0.3, -0.25) is 4.79 Å². The van der Waals surface area contributed by atoms with Crippen LogP contribution in [0.2, 0.25) is 0 Å². The lowest BCUT2D eigenvalue weighted by Gasteiger charge is -2.34. The van der Waals surface area contributed by atoms with Crippen molar-refractivity contribution in [2.24, 2.45) is 0 Å². The van der Waals surface area contributed by atoms with Crippen LogP contribution < -0.4 is 10.2 Å². The van der Waals surface area contributed by atoms with Crippen molar-refractivity contribution in [2.45, 2.75) is 39.7 Å². The van der Waals surface area contributed by atoms with Crippen LogP contribution in [0.15, 0.2) is 24.3 Å². The summed E-state index contributed by atoms with van der Waals surface area (Å²) in [5.74, 6) is 0.00168. The van der Waals surface area contributed by atoms with E-state index in [1.165, 1.54) is 0 Å². The number of hydrogen-bond acceptors (Lipinski definition) is 2. The third-order valence-electron chi connectivity index (χ3n) is 3.06. The lowest BCUT2D eigenvalue weighted by Crippen LogP contribution is -2.38. The SMILES string of the molecule is CCCNC(=O)c1ccc(N(C)C(C)(C)C)cc1. The topological polar surface area (TPSA) is 32.3 Å². The van der Waals surface area contributed by atoms with Gasteiger partial charge in [0.25, 0.3) is 5.91 Å². The van der Waals surface area contributed by atoms with Crippen molar-refractivity contribution < 1.29 is 4.79 Å². The first kappa shape index (κ1) is 14.6. The van der Waals surface area contributed by atoms with Crippen molar-refractivity contribution in [1.29, 1.82) is 0 Å². The van der Waals surface area contributed by atoms with E-state index in [4.69, 9.17) is 0 Å². The Morgan fingerprint density at radius 2 is 1.78 bits per heavy atom. The summed E-state index contributed by atoms with van der Waals surface area (Å²) in [5.41, 5.74) is 1.91. The first-order valence-corrected chi connectivity index (χ1v) is 6.48. The fourth-order valence-corrected chi connectivity index (χ4v) is 1.56. The van der Waals surface area contributed by atoms with Gasteiger partial charge in [-0.2, -0.15) is 0 Å². The van der Waals surface area contributed by atoms with E-state index in [2.05, 4.69) is 38.0 Å². The predicted octanol–water partition coefficient (Wildman–Crippen LogP) is 3.06. The van der Waals surface area contributed by atoms with Gasteiger partial charge in [-0.25, -0.2) is 0 Å². The predicted molar refractivity (Wildman–Crippen MR) is 77.2 cm³/mol. The van der Waals surface area contributed by atoms with Gasteiger partial charge in [0.15, 0.2) is 0 Å². The summed E-state index contributed by atoms with van der Waals surface area (Å²) < 4.78 is 0. The minimum absolute atomic E-state index is 0.00168. The van der Waals surface area contributed by atoms with Gasteiger partial charge in [-0.1, -0.05) is 6.92 Å². The van der Waals surface area contributed by atoms with Gasteiger partial charge in [0.2, 0.25) is 0 Å². The highest BCUT2D eigenvalue weighted by Crippen LogP contribution is 2.21. The van der Waals surface area contributed by atoms with Crippen LogP contribution in [0, 0.1) is 0 Å². The molecular formula is C15H24N2O. The third kappa shape index (κ3) is 3.76. The average molecular weight is 248 g/mol. The van der Waals surface area contributed by atoms with Crippen LogP contribution in [0.1, 0.15) is 44.5 Å². The van der Waals surface area contributed by atoms with Crippen LogP contribution in [-0.2, 0) is 0 Å². The molecule has 0 radical (unpaired) electrons. The summed E-state index contributed by atoms with van der Waals surface area (Å²) in [6.07, 6.45) is 0.955. The Hall–Kier alpha value is -1.51. The van der Waals surface area contributed by atoms with Crippen LogP contribution in [0.4, 0.5) is 5.69 Å². The van der Waals surface area contributed by atoms with Gasteiger partial charge in [0.1, 0.15) is 0 Å². The lowest BCUT2D eigenvalue weighted by molar-refractivity contribution is 0.0953. The number of nitrogens with zero attached hydrogens (tertiary/aromatic N) is 1. The molecule has 1 amide bonds. The van der Waals surface area contributed by atoms with E-state index in [9.17, 15) is 4.79 Å². The van der Waals surface area contributed by atoms with Crippen LogP contribution in [0.5, 0.6) is 0 Å². The lowest BCUT2D eigenvalue weighted by atomic mass is 10.1. The summed E-state index contributed by atoms with van der Waals surface area (Å²) in [7, 11) is 2.06. The second-order valence-corrected chi connectivity index (χ2v) is 5.53. The standard InChI is InChI=1S/C15H24N2O/c1-6-11-16-14(18)12-7-9-13(10-8-12)17(5)15(2,3)4/h7-10H,6,11H2,1-5H3,(H,16,18). The number of carbonyl (C=O) groups is 1. The molecule has 0 unspecified atom stereocenters. The quantitative estimate of drug-likeness (QED) is 0.888. The Labute approximate surface area is 110 Å². The molecule has 1 aromatic carbocycles. The van der Waals surface area contributed by atoms with E-state index in [1.807, 2.05) is 31.2 Å². The Kier molecular flexibility index (Phi) is 4.76. The molecule has 0 aromatic heterocycles. The normalized spacial score (nSPS) is 11.2. The maximum Gasteiger partial charge on any atom is 0.251 e. The highest BCUT2D eigenvalue weighted by molar-refractivity contribution is 5.94. The van der Waals surface area contributed by atoms with E-state index < -0.39 is 0 Å². The Morgan fingerprint density at radius 3 is 2.22 bits per heavy atom. The van der Waals surface area contributed by atoms with Crippen molar-refractivity contribution in [1.82, 2.24) is 5.32 Å². The van der Waals surface area contributed by atoms with Crippen LogP contribution in [0.25, 0.3) is 0 Å². The summed E-state index contributed by atoms with van der Waals surface area (Å²) in [6.45, 7) is 9.25. The molecule has 0 saturated carbocycles. The third-order valence-corrected chi connectivity index (χ3v) is 3.06. The molecule has 3 nitrogen and oxygen atoms in total. The molecule has 1 N–H and O–H groups in total. The fourth-order valence-electron chi connectivity index (χ4n) is 1.56. The fraction of sp³-hybridized carbons (Fsp3) is 0.533. The van der Waals surface area contributed by atoms with Gasteiger partial charge in [-0.05, 0) is 51.5 Å². The number of rotatable bonds is 4. The second kappa shape index (κ2) is 5.89. The molecule has 3 heteroatoms. The molecule has 0 aliphatic rings. The molecule has 0 bridgehead atoms. The van der Waals surface area contributed by atoms with Gasteiger partial charge >= 0.3 is 0 Å². The number of anilines is 1. The summed E-state index contributed by atoms with van der Waals surface area (Å²) in [5, 5.41) is 2.88. The molecule has 0 saturated heterocycles. The average Bonchev–Trinajstić information content (AvgIpc) is 2.34. The molecule has 0 atom stereocenters. The molecule has 0 aliphatic heterocycles. The van der Waals surface area contributed by atoms with E-state index in [1.54, 1.807) is 0 Å². The first-order valence-electron chi connectivity index (χ1n) is 6.48. The van der Waals surface area contributed by atoms with Gasteiger partial charge in [0, 0.05) is 30.4 Å². The van der Waals surface area contributed by atoms with E-state index in [0.29, 0.717) is 0 Å². The summed E-state index contributed by atoms with van der Waals surface area (Å²) >= 11 is 0. The number of benzene rings is 1. The molecule has 18 heavy (non-hydrogen) atoms. The highest BCUT2D eigenvalue weighted by atomic mass is 16.1. The monoisotopic (exact) mass is 248 g/mol. The molecule has 1 aromatic rings. The molecule has 0 spiro atoms. The molecule has 0 heterocycles. The van der Waals surface area contributed by atoms with Crippen molar-refractivity contribution in [2.75, 3.05) is 18.5 Å². The van der Waals surface area contributed by atoms with Crippen LogP contribution >= 0.6 is 0 Å². The zero-order valence-corrected chi connectivity index (χ0v) is 12.1. The zero-order chi connectivity index (χ0) is 13.8. The number of carbonyl (C=O) groups excluding carboxylic acids is 1. The Bertz CT molecular complexity index is 390. The van der Waals surface area contributed by atoms with Gasteiger partial charge in [-0.15, -0.1) is 0 Å². The molecule has 1 rings (SSSR count). The van der Waals surface area contributed by atoms with E-state index in [0.717, 1.165) is 24.2 Å². The Morgan fingerprint density at radius 1 is 1.22 bits per heavy atom. The van der Waals surface area contributed by atoms with Crippen molar-refractivity contribution in [3.63, 3.8) is 0 Å². The molecule has 100 valence electrons. The van der Waals surface area contributed by atoms with E-state index >= 15 is 0 Å². The largest absolute Gasteiger partial charge is 0.370 e. The summed E-state index contributed by atoms with van der Waals surface area (Å²) in [6, 6.07) is 7.74. The minimum Gasteiger partial charge on any atom is -0.370 e. The Balaban J connectivity index is 2.77. The number of amides is 1. The van der Waals surface area contributed by atoms with Crippen molar-refractivity contribution in [3.8, 4) is 0 Å². The van der Waals surface area contributed by atoms with Crippen molar-refractivity contribution in [3.05, 3.63) is 29.8 Å². The van der Waals surface area contributed by atoms with E-state index in [-0.39, 0.29) is 11.4 Å².